The third-order valence-electron chi connectivity index (χ3n) is 5.57. The van der Waals surface area contributed by atoms with Crippen LogP contribution in [0.25, 0.3) is 0 Å². The minimum absolute atomic E-state index is 0.116. The van der Waals surface area contributed by atoms with Gasteiger partial charge >= 0.3 is 5.97 Å². The summed E-state index contributed by atoms with van der Waals surface area (Å²) in [5.74, 6) is -0.976. The molecule has 0 saturated carbocycles. The van der Waals surface area contributed by atoms with Crippen molar-refractivity contribution in [3.63, 3.8) is 0 Å². The smallest absolute Gasteiger partial charge is 0.353 e. The second-order valence-electron chi connectivity index (χ2n) is 7.57. The number of ether oxygens (including phenoxy) is 2. The van der Waals surface area contributed by atoms with Crippen molar-refractivity contribution in [2.45, 2.75) is 57.3 Å². The van der Waals surface area contributed by atoms with Gasteiger partial charge in [0.15, 0.2) is 0 Å². The van der Waals surface area contributed by atoms with Crippen LogP contribution in [0, 0.1) is 0 Å². The molecule has 0 spiro atoms. The molecule has 7 heteroatoms. The van der Waals surface area contributed by atoms with Crippen molar-refractivity contribution in [2.75, 3.05) is 18.1 Å². The molecular weight excluding hydrogens is 348 g/mol. The average molecular weight is 372 g/mol. The van der Waals surface area contributed by atoms with Crippen LogP contribution in [0.5, 0.6) is 0 Å². The van der Waals surface area contributed by atoms with Gasteiger partial charge in [-0.25, -0.2) is 4.79 Å². The Kier molecular flexibility index (Phi) is 4.42. The van der Waals surface area contributed by atoms with Crippen molar-refractivity contribution in [3.05, 3.63) is 29.8 Å². The highest BCUT2D eigenvalue weighted by Crippen LogP contribution is 2.46. The number of carbonyl (C=O) groups is 3. The van der Waals surface area contributed by atoms with E-state index in [-0.39, 0.29) is 43.4 Å². The van der Waals surface area contributed by atoms with Crippen molar-refractivity contribution < 1.29 is 23.9 Å². The van der Waals surface area contributed by atoms with Crippen LogP contribution in [0.1, 0.15) is 49.9 Å². The SMILES string of the molecule is CC(C)N1C(=O)c2ccccc2N2C(=O)CCC21C(=O)OCC1CCCO1. The Morgan fingerprint density at radius 3 is 2.81 bits per heavy atom. The fraction of sp³-hybridized carbons (Fsp3) is 0.550. The molecule has 2 unspecified atom stereocenters. The number of esters is 1. The number of para-hydroxylation sites is 1. The van der Waals surface area contributed by atoms with Crippen LogP contribution in [0.3, 0.4) is 0 Å². The monoisotopic (exact) mass is 372 g/mol. The lowest BCUT2D eigenvalue weighted by atomic mass is 9.95. The maximum absolute atomic E-state index is 13.3. The quantitative estimate of drug-likeness (QED) is 0.757. The van der Waals surface area contributed by atoms with Gasteiger partial charge in [-0.1, -0.05) is 12.1 Å². The molecule has 2 amide bonds. The lowest BCUT2D eigenvalue weighted by Crippen LogP contribution is -2.70. The third-order valence-corrected chi connectivity index (χ3v) is 5.57. The zero-order valence-electron chi connectivity index (χ0n) is 15.6. The van der Waals surface area contributed by atoms with Crippen molar-refractivity contribution in [1.29, 1.82) is 0 Å². The number of benzene rings is 1. The summed E-state index contributed by atoms with van der Waals surface area (Å²) in [7, 11) is 0. The molecule has 2 atom stereocenters. The van der Waals surface area contributed by atoms with Crippen LogP contribution in [0.4, 0.5) is 5.69 Å². The molecule has 144 valence electrons. The predicted octanol–water partition coefficient (Wildman–Crippen LogP) is 2.10. The second-order valence-corrected chi connectivity index (χ2v) is 7.57. The molecule has 1 aromatic rings. The van der Waals surface area contributed by atoms with Gasteiger partial charge in [0.05, 0.1) is 17.4 Å². The van der Waals surface area contributed by atoms with E-state index in [0.717, 1.165) is 12.8 Å². The summed E-state index contributed by atoms with van der Waals surface area (Å²) in [6.07, 6.45) is 2.10. The Labute approximate surface area is 158 Å². The van der Waals surface area contributed by atoms with E-state index in [0.29, 0.717) is 17.9 Å². The molecule has 3 aliphatic rings. The Balaban J connectivity index is 1.75. The Bertz CT molecular complexity index is 786. The summed E-state index contributed by atoms with van der Waals surface area (Å²) in [4.78, 5) is 42.3. The van der Waals surface area contributed by atoms with Crippen LogP contribution in [-0.2, 0) is 19.1 Å². The Morgan fingerprint density at radius 1 is 1.33 bits per heavy atom. The summed E-state index contributed by atoms with van der Waals surface area (Å²) in [5, 5.41) is 0. The molecule has 0 radical (unpaired) electrons. The van der Waals surface area contributed by atoms with E-state index in [2.05, 4.69) is 0 Å². The molecule has 3 heterocycles. The maximum Gasteiger partial charge on any atom is 0.353 e. The molecule has 3 aliphatic heterocycles. The number of hydrogen-bond acceptors (Lipinski definition) is 5. The standard InChI is InChI=1S/C20H24N2O5/c1-13(2)21-18(24)15-7-3-4-8-16(15)22-17(23)9-10-20(21,22)19(25)27-12-14-6-5-11-26-14/h3-4,7-8,13-14H,5-6,9-12H2,1-2H3. The van der Waals surface area contributed by atoms with E-state index in [1.807, 2.05) is 13.8 Å². The average Bonchev–Trinajstić information content (AvgIpc) is 3.28. The molecule has 1 aromatic carbocycles. The molecule has 0 aromatic heterocycles. The minimum Gasteiger partial charge on any atom is -0.460 e. The van der Waals surface area contributed by atoms with Gasteiger partial charge in [0.25, 0.3) is 5.91 Å². The van der Waals surface area contributed by atoms with E-state index in [4.69, 9.17) is 9.47 Å². The van der Waals surface area contributed by atoms with Crippen LogP contribution < -0.4 is 4.90 Å². The normalized spacial score (nSPS) is 27.1. The van der Waals surface area contributed by atoms with Crippen LogP contribution >= 0.6 is 0 Å². The Morgan fingerprint density at radius 2 is 2.11 bits per heavy atom. The number of hydrogen-bond donors (Lipinski definition) is 0. The molecule has 2 saturated heterocycles. The number of carbonyl (C=O) groups excluding carboxylic acids is 3. The number of rotatable bonds is 4. The van der Waals surface area contributed by atoms with E-state index in [1.165, 1.54) is 9.80 Å². The highest BCUT2D eigenvalue weighted by molar-refractivity contribution is 6.15. The van der Waals surface area contributed by atoms with Gasteiger partial charge in [-0.3, -0.25) is 14.5 Å². The van der Waals surface area contributed by atoms with Crippen molar-refractivity contribution in [3.8, 4) is 0 Å². The highest BCUT2D eigenvalue weighted by Gasteiger charge is 2.62. The van der Waals surface area contributed by atoms with E-state index >= 15 is 0 Å². The van der Waals surface area contributed by atoms with Gasteiger partial charge in [0.2, 0.25) is 11.6 Å². The summed E-state index contributed by atoms with van der Waals surface area (Å²) in [6.45, 7) is 4.51. The van der Waals surface area contributed by atoms with Crippen LogP contribution in [-0.4, -0.2) is 53.7 Å². The third kappa shape index (κ3) is 2.64. The first kappa shape index (κ1) is 18.0. The largest absolute Gasteiger partial charge is 0.460 e. The number of anilines is 1. The van der Waals surface area contributed by atoms with E-state index in [9.17, 15) is 14.4 Å². The van der Waals surface area contributed by atoms with Crippen molar-refractivity contribution >= 4 is 23.5 Å². The van der Waals surface area contributed by atoms with Crippen molar-refractivity contribution in [1.82, 2.24) is 4.90 Å². The minimum atomic E-state index is -1.42. The molecule has 0 bridgehead atoms. The number of amides is 2. The highest BCUT2D eigenvalue weighted by atomic mass is 16.6. The maximum atomic E-state index is 13.3. The topological polar surface area (TPSA) is 76.2 Å². The summed E-state index contributed by atoms with van der Waals surface area (Å²) in [6, 6.07) is 6.68. The molecule has 7 nitrogen and oxygen atoms in total. The lowest BCUT2D eigenvalue weighted by molar-refractivity contribution is -0.161. The van der Waals surface area contributed by atoms with Crippen LogP contribution in [0.15, 0.2) is 24.3 Å². The summed E-state index contributed by atoms with van der Waals surface area (Å²) >= 11 is 0. The molecule has 2 fully saturated rings. The van der Waals surface area contributed by atoms with E-state index in [1.54, 1.807) is 24.3 Å². The van der Waals surface area contributed by atoms with E-state index < -0.39 is 11.6 Å². The van der Waals surface area contributed by atoms with Gasteiger partial charge in [-0.2, -0.15) is 0 Å². The number of nitrogens with zero attached hydrogens (tertiary/aromatic N) is 2. The Hall–Kier alpha value is -2.41. The molecule has 4 rings (SSSR count). The second kappa shape index (κ2) is 6.64. The number of fused-ring (bicyclic) bond motifs is 3. The zero-order chi connectivity index (χ0) is 19.2. The molecular formula is C20H24N2O5. The van der Waals surface area contributed by atoms with Crippen LogP contribution in [0.2, 0.25) is 0 Å². The summed E-state index contributed by atoms with van der Waals surface area (Å²) in [5.41, 5.74) is -0.505. The predicted molar refractivity (Wildman–Crippen MR) is 97.1 cm³/mol. The van der Waals surface area contributed by atoms with Crippen molar-refractivity contribution in [2.24, 2.45) is 0 Å². The summed E-state index contributed by atoms with van der Waals surface area (Å²) < 4.78 is 11.1. The van der Waals surface area contributed by atoms with Gasteiger partial charge in [-0.05, 0) is 38.8 Å². The van der Waals surface area contributed by atoms with Gasteiger partial charge in [0.1, 0.15) is 6.61 Å². The fourth-order valence-corrected chi connectivity index (χ4v) is 4.43. The van der Waals surface area contributed by atoms with Gasteiger partial charge in [-0.15, -0.1) is 0 Å². The molecule has 0 N–H and O–H groups in total. The van der Waals surface area contributed by atoms with Gasteiger partial charge in [0, 0.05) is 25.5 Å². The first-order chi connectivity index (χ1) is 13.0. The first-order valence-electron chi connectivity index (χ1n) is 9.51. The fourth-order valence-electron chi connectivity index (χ4n) is 4.43. The lowest BCUT2D eigenvalue weighted by Gasteiger charge is -2.50. The molecule has 27 heavy (non-hydrogen) atoms. The van der Waals surface area contributed by atoms with Gasteiger partial charge < -0.3 is 14.4 Å². The first-order valence-corrected chi connectivity index (χ1v) is 9.51. The molecule has 0 aliphatic carbocycles. The zero-order valence-corrected chi connectivity index (χ0v) is 15.6.